The van der Waals surface area contributed by atoms with Crippen LogP contribution in [0.25, 0.3) is 0 Å². The molecule has 0 aromatic heterocycles. The predicted octanol–water partition coefficient (Wildman–Crippen LogP) is 1.65. The Balaban J connectivity index is 2.69. The Morgan fingerprint density at radius 1 is 1.60 bits per heavy atom. The molecule has 0 aromatic rings. The molecule has 0 atom stereocenters. The van der Waals surface area contributed by atoms with Gasteiger partial charge in [-0.05, 0) is 25.5 Å². The first-order chi connectivity index (χ1) is 4.63. The topological polar surface area (TPSA) is 29.4 Å². The smallest absolute Gasteiger partial charge is 0.251 e. The van der Waals surface area contributed by atoms with E-state index in [2.05, 4.69) is 25.6 Å². The monoisotopic (exact) mass is 139 g/mol. The van der Waals surface area contributed by atoms with E-state index in [4.69, 9.17) is 0 Å². The maximum absolute atomic E-state index is 11.1. The van der Waals surface area contributed by atoms with E-state index in [9.17, 15) is 4.79 Å². The number of nitrogens with zero attached hydrogens (tertiary/aromatic N) is 1. The fourth-order valence-electron chi connectivity index (χ4n) is 1.33. The summed E-state index contributed by atoms with van der Waals surface area (Å²) in [4.78, 5) is 14.6. The molecule has 0 aromatic carbocycles. The summed E-state index contributed by atoms with van der Waals surface area (Å²) in [6, 6.07) is 0. The predicted molar refractivity (Wildman–Crippen MR) is 41.1 cm³/mol. The van der Waals surface area contributed by atoms with Crippen molar-refractivity contribution in [2.45, 2.75) is 26.7 Å². The van der Waals surface area contributed by atoms with Gasteiger partial charge in [0, 0.05) is 0 Å². The third kappa shape index (κ3) is 0.877. The first-order valence-electron chi connectivity index (χ1n) is 3.64. The van der Waals surface area contributed by atoms with Crippen molar-refractivity contribution in [3.8, 4) is 0 Å². The lowest BCUT2D eigenvalue weighted by molar-refractivity contribution is -0.124. The molecule has 10 heavy (non-hydrogen) atoms. The van der Waals surface area contributed by atoms with Crippen LogP contribution >= 0.6 is 0 Å². The summed E-state index contributed by atoms with van der Waals surface area (Å²) in [6.45, 7) is 7.38. The average molecular weight is 139 g/mol. The van der Waals surface area contributed by atoms with E-state index in [1.165, 1.54) is 0 Å². The fraction of sp³-hybridized carbons (Fsp3) is 0.750. The van der Waals surface area contributed by atoms with Crippen molar-refractivity contribution in [3.63, 3.8) is 0 Å². The summed E-state index contributed by atoms with van der Waals surface area (Å²) in [5.74, 6) is 0.410. The van der Waals surface area contributed by atoms with Gasteiger partial charge >= 0.3 is 0 Å². The number of amides is 1. The van der Waals surface area contributed by atoms with Crippen molar-refractivity contribution in [3.05, 3.63) is 0 Å². The van der Waals surface area contributed by atoms with Gasteiger partial charge < -0.3 is 0 Å². The van der Waals surface area contributed by atoms with Crippen molar-refractivity contribution >= 4 is 12.6 Å². The van der Waals surface area contributed by atoms with E-state index in [1.54, 1.807) is 0 Å². The van der Waals surface area contributed by atoms with Crippen molar-refractivity contribution in [2.75, 3.05) is 0 Å². The Labute approximate surface area is 61.3 Å². The molecule has 1 saturated carbocycles. The SMILES string of the molecule is C=NC(=O)C1(C(C)C)CC1. The minimum atomic E-state index is -0.109. The van der Waals surface area contributed by atoms with E-state index < -0.39 is 0 Å². The summed E-state index contributed by atoms with van der Waals surface area (Å²) in [5, 5.41) is 0. The van der Waals surface area contributed by atoms with Crippen LogP contribution in [0, 0.1) is 11.3 Å². The molecule has 1 rings (SSSR count). The van der Waals surface area contributed by atoms with Crippen molar-refractivity contribution < 1.29 is 4.79 Å². The highest BCUT2D eigenvalue weighted by atomic mass is 16.1. The first-order valence-corrected chi connectivity index (χ1v) is 3.64. The first kappa shape index (κ1) is 7.45. The minimum Gasteiger partial charge on any atom is -0.272 e. The molecule has 2 heteroatoms. The van der Waals surface area contributed by atoms with Crippen molar-refractivity contribution in [2.24, 2.45) is 16.3 Å². The third-order valence-electron chi connectivity index (χ3n) is 2.46. The Bertz CT molecular complexity index is 168. The molecule has 1 amide bonds. The number of carbonyl (C=O) groups excluding carboxylic acids is 1. The second-order valence-electron chi connectivity index (χ2n) is 3.27. The Hall–Kier alpha value is -0.660. The van der Waals surface area contributed by atoms with Gasteiger partial charge in [-0.2, -0.15) is 0 Å². The van der Waals surface area contributed by atoms with Gasteiger partial charge in [0.2, 0.25) is 0 Å². The van der Waals surface area contributed by atoms with E-state index in [-0.39, 0.29) is 11.3 Å². The van der Waals surface area contributed by atoms with Gasteiger partial charge in [-0.1, -0.05) is 13.8 Å². The largest absolute Gasteiger partial charge is 0.272 e. The number of carbonyl (C=O) groups is 1. The molecule has 0 heterocycles. The van der Waals surface area contributed by atoms with E-state index in [1.807, 2.05) is 0 Å². The van der Waals surface area contributed by atoms with Crippen molar-refractivity contribution in [1.29, 1.82) is 0 Å². The highest BCUT2D eigenvalue weighted by molar-refractivity contribution is 5.88. The highest BCUT2D eigenvalue weighted by Gasteiger charge is 2.51. The van der Waals surface area contributed by atoms with E-state index in [0.717, 1.165) is 12.8 Å². The number of hydrogen-bond donors (Lipinski definition) is 0. The van der Waals surface area contributed by atoms with Crippen LogP contribution in [0.1, 0.15) is 26.7 Å². The molecule has 56 valence electrons. The zero-order chi connectivity index (χ0) is 7.78. The maximum Gasteiger partial charge on any atom is 0.251 e. The van der Waals surface area contributed by atoms with Crippen LogP contribution in [-0.2, 0) is 4.79 Å². The van der Waals surface area contributed by atoms with Crippen LogP contribution in [0.15, 0.2) is 4.99 Å². The zero-order valence-corrected chi connectivity index (χ0v) is 6.55. The molecule has 0 unspecified atom stereocenters. The van der Waals surface area contributed by atoms with Gasteiger partial charge in [0.05, 0.1) is 5.41 Å². The zero-order valence-electron chi connectivity index (χ0n) is 6.55. The number of aliphatic imine (C=N–C) groups is 1. The minimum absolute atomic E-state index is 0.0116. The highest BCUT2D eigenvalue weighted by Crippen LogP contribution is 2.52. The molecule has 0 N–H and O–H groups in total. The number of hydrogen-bond acceptors (Lipinski definition) is 1. The molecular formula is C8H13NO. The van der Waals surface area contributed by atoms with Gasteiger partial charge in [0.15, 0.2) is 0 Å². The van der Waals surface area contributed by atoms with Crippen LogP contribution in [0.2, 0.25) is 0 Å². The quantitative estimate of drug-likeness (QED) is 0.535. The number of rotatable bonds is 2. The summed E-state index contributed by atoms with van der Waals surface area (Å²) >= 11 is 0. The molecule has 1 aliphatic rings. The molecule has 0 bridgehead atoms. The van der Waals surface area contributed by atoms with Gasteiger partial charge in [-0.25, -0.2) is 4.99 Å². The standard InChI is InChI=1S/C8H13NO/c1-6(2)8(4-5-8)7(10)9-3/h6H,3-5H2,1-2H3. The van der Waals surface area contributed by atoms with Gasteiger partial charge in [-0.3, -0.25) is 4.79 Å². The van der Waals surface area contributed by atoms with Gasteiger partial charge in [0.25, 0.3) is 5.91 Å². The van der Waals surface area contributed by atoms with Gasteiger partial charge in [-0.15, -0.1) is 0 Å². The molecule has 0 saturated heterocycles. The summed E-state index contributed by atoms with van der Waals surface area (Å²) in [6.07, 6.45) is 2.00. The van der Waals surface area contributed by atoms with E-state index >= 15 is 0 Å². The summed E-state index contributed by atoms with van der Waals surface area (Å²) < 4.78 is 0. The lowest BCUT2D eigenvalue weighted by Crippen LogP contribution is -2.19. The van der Waals surface area contributed by atoms with Crippen LogP contribution in [-0.4, -0.2) is 12.6 Å². The summed E-state index contributed by atoms with van der Waals surface area (Å²) in [7, 11) is 0. The van der Waals surface area contributed by atoms with Crippen LogP contribution in [0.4, 0.5) is 0 Å². The molecule has 2 nitrogen and oxygen atoms in total. The van der Waals surface area contributed by atoms with Crippen LogP contribution in [0.5, 0.6) is 0 Å². The Morgan fingerprint density at radius 2 is 2.10 bits per heavy atom. The molecule has 0 radical (unpaired) electrons. The Morgan fingerprint density at radius 3 is 2.20 bits per heavy atom. The molecular weight excluding hydrogens is 126 g/mol. The average Bonchev–Trinajstić information content (AvgIpc) is 2.65. The second-order valence-corrected chi connectivity index (χ2v) is 3.27. The third-order valence-corrected chi connectivity index (χ3v) is 2.46. The van der Waals surface area contributed by atoms with E-state index in [0.29, 0.717) is 5.92 Å². The van der Waals surface area contributed by atoms with Crippen LogP contribution in [0.3, 0.4) is 0 Å². The van der Waals surface area contributed by atoms with Crippen molar-refractivity contribution in [1.82, 2.24) is 0 Å². The maximum atomic E-state index is 11.1. The lowest BCUT2D eigenvalue weighted by atomic mass is 9.92. The second kappa shape index (κ2) is 2.19. The lowest BCUT2D eigenvalue weighted by Gasteiger charge is -2.13. The Kier molecular flexibility index (Phi) is 1.63. The molecule has 1 aliphatic carbocycles. The normalized spacial score (nSPS) is 20.7. The molecule has 0 spiro atoms. The van der Waals surface area contributed by atoms with Gasteiger partial charge in [0.1, 0.15) is 0 Å². The fourth-order valence-corrected chi connectivity index (χ4v) is 1.33. The molecule has 1 fully saturated rings. The van der Waals surface area contributed by atoms with Crippen LogP contribution < -0.4 is 0 Å². The molecule has 0 aliphatic heterocycles. The summed E-state index contributed by atoms with van der Waals surface area (Å²) in [5.41, 5.74) is -0.109.